The standard InChI is InChI=1S/C10H20N2O2/c1-10(2,3)14-9(13)12-8-5-7(6-8)11-4/h7-8,11H,5-6H2,1-4H3,(H,12,13)/t7-,8-. The number of alkyl carbamates (subject to hydrolysis) is 1. The largest absolute Gasteiger partial charge is 0.444 e. The van der Waals surface area contributed by atoms with Gasteiger partial charge >= 0.3 is 6.09 Å². The van der Waals surface area contributed by atoms with Gasteiger partial charge in [-0.3, -0.25) is 0 Å². The van der Waals surface area contributed by atoms with Crippen molar-refractivity contribution in [3.63, 3.8) is 0 Å². The number of ether oxygens (including phenoxy) is 1. The summed E-state index contributed by atoms with van der Waals surface area (Å²) in [6, 6.07) is 0.831. The molecule has 1 amide bonds. The molecule has 0 saturated heterocycles. The second-order valence-corrected chi connectivity index (χ2v) is 4.80. The van der Waals surface area contributed by atoms with Gasteiger partial charge in [-0.25, -0.2) is 4.79 Å². The highest BCUT2D eigenvalue weighted by Crippen LogP contribution is 2.19. The van der Waals surface area contributed by atoms with Crippen LogP contribution in [0.25, 0.3) is 0 Å². The Balaban J connectivity index is 2.17. The lowest BCUT2D eigenvalue weighted by Crippen LogP contribution is -2.52. The van der Waals surface area contributed by atoms with E-state index < -0.39 is 5.60 Å². The molecule has 1 fully saturated rings. The summed E-state index contributed by atoms with van der Waals surface area (Å²) in [6.07, 6.45) is 1.68. The lowest BCUT2D eigenvalue weighted by atomic mass is 9.87. The van der Waals surface area contributed by atoms with E-state index in [-0.39, 0.29) is 12.1 Å². The Hall–Kier alpha value is -0.770. The van der Waals surface area contributed by atoms with Gasteiger partial charge in [0.1, 0.15) is 5.60 Å². The van der Waals surface area contributed by atoms with Crippen LogP contribution in [0.3, 0.4) is 0 Å². The van der Waals surface area contributed by atoms with Crippen molar-refractivity contribution in [3.8, 4) is 0 Å². The van der Waals surface area contributed by atoms with Crippen molar-refractivity contribution >= 4 is 6.09 Å². The molecular formula is C10H20N2O2. The molecule has 4 nitrogen and oxygen atoms in total. The molecular weight excluding hydrogens is 180 g/mol. The Morgan fingerprint density at radius 3 is 2.29 bits per heavy atom. The van der Waals surface area contributed by atoms with Crippen molar-refractivity contribution in [1.82, 2.24) is 10.6 Å². The van der Waals surface area contributed by atoms with Gasteiger partial charge in [0.25, 0.3) is 0 Å². The molecule has 0 atom stereocenters. The van der Waals surface area contributed by atoms with Crippen LogP contribution in [0.2, 0.25) is 0 Å². The monoisotopic (exact) mass is 200 g/mol. The van der Waals surface area contributed by atoms with Crippen LogP contribution < -0.4 is 10.6 Å². The third kappa shape index (κ3) is 3.54. The van der Waals surface area contributed by atoms with Gasteiger partial charge in [0.2, 0.25) is 0 Å². The van der Waals surface area contributed by atoms with Gasteiger partial charge in [0.15, 0.2) is 0 Å². The third-order valence-corrected chi connectivity index (χ3v) is 2.27. The van der Waals surface area contributed by atoms with Crippen molar-refractivity contribution in [1.29, 1.82) is 0 Å². The summed E-state index contributed by atoms with van der Waals surface area (Å²) >= 11 is 0. The molecule has 0 radical (unpaired) electrons. The van der Waals surface area contributed by atoms with E-state index in [0.29, 0.717) is 6.04 Å². The van der Waals surface area contributed by atoms with Crippen LogP contribution in [-0.4, -0.2) is 30.8 Å². The molecule has 1 aliphatic carbocycles. The SMILES string of the molecule is CN[C@H]1C[C@H](NC(=O)OC(C)(C)C)C1. The average Bonchev–Trinajstić information content (AvgIpc) is 1.91. The maximum absolute atomic E-state index is 11.3. The van der Waals surface area contributed by atoms with E-state index in [2.05, 4.69) is 10.6 Å². The van der Waals surface area contributed by atoms with Crippen molar-refractivity contribution in [2.45, 2.75) is 51.3 Å². The van der Waals surface area contributed by atoms with Gasteiger partial charge in [-0.1, -0.05) is 0 Å². The maximum atomic E-state index is 11.3. The first-order chi connectivity index (χ1) is 6.40. The highest BCUT2D eigenvalue weighted by atomic mass is 16.6. The fourth-order valence-corrected chi connectivity index (χ4v) is 1.45. The Bertz CT molecular complexity index is 205. The molecule has 0 spiro atoms. The van der Waals surface area contributed by atoms with Gasteiger partial charge in [-0.2, -0.15) is 0 Å². The van der Waals surface area contributed by atoms with E-state index in [4.69, 9.17) is 4.74 Å². The van der Waals surface area contributed by atoms with Crippen LogP contribution in [0.4, 0.5) is 4.79 Å². The first kappa shape index (κ1) is 11.3. The third-order valence-electron chi connectivity index (χ3n) is 2.27. The topological polar surface area (TPSA) is 50.4 Å². The molecule has 0 bridgehead atoms. The van der Waals surface area contributed by atoms with Crippen LogP contribution >= 0.6 is 0 Å². The summed E-state index contributed by atoms with van der Waals surface area (Å²) in [7, 11) is 1.94. The second-order valence-electron chi connectivity index (χ2n) is 4.80. The zero-order valence-electron chi connectivity index (χ0n) is 9.39. The molecule has 1 rings (SSSR count). The minimum Gasteiger partial charge on any atom is -0.444 e. The fourth-order valence-electron chi connectivity index (χ4n) is 1.45. The van der Waals surface area contributed by atoms with Crippen LogP contribution in [0, 0.1) is 0 Å². The number of carbonyl (C=O) groups excluding carboxylic acids is 1. The average molecular weight is 200 g/mol. The summed E-state index contributed by atoms with van der Waals surface area (Å²) in [5.74, 6) is 0. The predicted molar refractivity (Wildman–Crippen MR) is 55.2 cm³/mol. The zero-order valence-corrected chi connectivity index (χ0v) is 9.39. The summed E-state index contributed by atoms with van der Waals surface area (Å²) in [5.41, 5.74) is -0.407. The van der Waals surface area contributed by atoms with E-state index in [1.807, 2.05) is 27.8 Å². The minimum atomic E-state index is -0.407. The number of hydrogen-bond acceptors (Lipinski definition) is 3. The van der Waals surface area contributed by atoms with Gasteiger partial charge in [-0.15, -0.1) is 0 Å². The summed E-state index contributed by atoms with van der Waals surface area (Å²) < 4.78 is 5.14. The molecule has 1 aliphatic rings. The van der Waals surface area contributed by atoms with Crippen molar-refractivity contribution in [2.75, 3.05) is 7.05 Å². The number of amides is 1. The molecule has 0 aromatic carbocycles. The molecule has 0 heterocycles. The highest BCUT2D eigenvalue weighted by molar-refractivity contribution is 5.68. The second kappa shape index (κ2) is 4.17. The first-order valence-corrected chi connectivity index (χ1v) is 5.07. The van der Waals surface area contributed by atoms with E-state index in [1.54, 1.807) is 0 Å². The lowest BCUT2D eigenvalue weighted by molar-refractivity contribution is 0.0467. The zero-order chi connectivity index (χ0) is 10.8. The number of hydrogen-bond donors (Lipinski definition) is 2. The van der Waals surface area contributed by atoms with Crippen molar-refractivity contribution in [2.24, 2.45) is 0 Å². The Morgan fingerprint density at radius 1 is 1.29 bits per heavy atom. The van der Waals surface area contributed by atoms with E-state index >= 15 is 0 Å². The Morgan fingerprint density at radius 2 is 1.86 bits per heavy atom. The van der Waals surface area contributed by atoms with E-state index in [9.17, 15) is 4.79 Å². The maximum Gasteiger partial charge on any atom is 0.407 e. The molecule has 4 heteroatoms. The van der Waals surface area contributed by atoms with Crippen LogP contribution in [0.5, 0.6) is 0 Å². The van der Waals surface area contributed by atoms with Gasteiger partial charge in [-0.05, 0) is 40.7 Å². The van der Waals surface area contributed by atoms with Crippen LogP contribution in [0.1, 0.15) is 33.6 Å². The molecule has 2 N–H and O–H groups in total. The van der Waals surface area contributed by atoms with Gasteiger partial charge in [0.05, 0.1) is 0 Å². The summed E-state index contributed by atoms with van der Waals surface area (Å²) in [6.45, 7) is 5.59. The molecule has 0 aliphatic heterocycles. The lowest BCUT2D eigenvalue weighted by Gasteiger charge is -2.35. The van der Waals surface area contributed by atoms with Crippen LogP contribution in [-0.2, 0) is 4.74 Å². The quantitative estimate of drug-likeness (QED) is 0.705. The minimum absolute atomic E-state index is 0.280. The molecule has 0 unspecified atom stereocenters. The predicted octanol–water partition coefficient (Wildman–Crippen LogP) is 1.26. The number of nitrogens with one attached hydrogen (secondary N) is 2. The molecule has 0 aromatic heterocycles. The number of rotatable bonds is 2. The smallest absolute Gasteiger partial charge is 0.407 e. The first-order valence-electron chi connectivity index (χ1n) is 5.07. The van der Waals surface area contributed by atoms with Gasteiger partial charge < -0.3 is 15.4 Å². The van der Waals surface area contributed by atoms with E-state index in [0.717, 1.165) is 12.8 Å². The van der Waals surface area contributed by atoms with Gasteiger partial charge in [0, 0.05) is 12.1 Å². The fraction of sp³-hybridized carbons (Fsp3) is 0.900. The molecule has 1 saturated carbocycles. The van der Waals surface area contributed by atoms with Crippen molar-refractivity contribution in [3.05, 3.63) is 0 Å². The molecule has 14 heavy (non-hydrogen) atoms. The van der Waals surface area contributed by atoms with Crippen molar-refractivity contribution < 1.29 is 9.53 Å². The Kier molecular flexibility index (Phi) is 3.37. The summed E-state index contributed by atoms with van der Waals surface area (Å²) in [4.78, 5) is 11.3. The summed E-state index contributed by atoms with van der Waals surface area (Å²) in [5, 5.41) is 6.00. The number of carbonyl (C=O) groups is 1. The Labute approximate surface area is 85.4 Å². The highest BCUT2D eigenvalue weighted by Gasteiger charge is 2.30. The van der Waals surface area contributed by atoms with Crippen LogP contribution in [0.15, 0.2) is 0 Å². The van der Waals surface area contributed by atoms with E-state index in [1.165, 1.54) is 0 Å². The molecule has 0 aromatic rings. The normalized spacial score (nSPS) is 26.6. The molecule has 82 valence electrons.